The van der Waals surface area contributed by atoms with Crippen LogP contribution in [-0.4, -0.2) is 57.6 Å². The molecular weight excluding hydrogens is 346 g/mol. The van der Waals surface area contributed by atoms with E-state index in [0.29, 0.717) is 13.1 Å². The Hall–Kier alpha value is -1.63. The largest absolute Gasteiger partial charge is 0.494 e. The number of benzene rings is 1. The number of aliphatic hydroxyl groups excluding tert-OH is 1. The molecule has 0 amide bonds. The molecule has 1 aliphatic rings. The fourth-order valence-corrected chi connectivity index (χ4v) is 3.51. The van der Waals surface area contributed by atoms with Gasteiger partial charge < -0.3 is 20.1 Å². The van der Waals surface area contributed by atoms with Crippen molar-refractivity contribution in [1.82, 2.24) is 4.90 Å². The van der Waals surface area contributed by atoms with Crippen LogP contribution in [0.25, 0.3) is 0 Å². The number of unbranched alkanes of at least 4 members (excludes halogenated alkanes) is 5. The lowest BCUT2D eigenvalue weighted by Crippen LogP contribution is -2.49. The summed E-state index contributed by atoms with van der Waals surface area (Å²) in [5.41, 5.74) is -0.512. The van der Waals surface area contributed by atoms with Crippen LogP contribution in [0.15, 0.2) is 24.3 Å². The van der Waals surface area contributed by atoms with Crippen LogP contribution >= 0.6 is 0 Å². The Morgan fingerprint density at radius 2 is 1.85 bits per heavy atom. The standard InChI is InChI=1S/C21H33NO5/c1-2-3-4-5-6-7-14-27-18-10-8-17(9-11-18)15-22-13-12-21(26,16-22)19(23)20(24)25/h8-11,19,23,26H,2-7,12-16H2,1H3,(H,24,25)/t19-,21?/m1/s1. The number of rotatable bonds is 12. The number of aliphatic carboxylic acids is 1. The van der Waals surface area contributed by atoms with Gasteiger partial charge in [-0.3, -0.25) is 4.90 Å². The van der Waals surface area contributed by atoms with Crippen LogP contribution in [0.5, 0.6) is 5.75 Å². The molecule has 6 nitrogen and oxygen atoms in total. The first kappa shape index (κ1) is 21.7. The van der Waals surface area contributed by atoms with Gasteiger partial charge in [-0.2, -0.15) is 0 Å². The minimum Gasteiger partial charge on any atom is -0.494 e. The van der Waals surface area contributed by atoms with Gasteiger partial charge in [0.15, 0.2) is 6.10 Å². The molecule has 0 radical (unpaired) electrons. The van der Waals surface area contributed by atoms with Gasteiger partial charge in [0.1, 0.15) is 11.4 Å². The maximum atomic E-state index is 10.9. The summed E-state index contributed by atoms with van der Waals surface area (Å²) in [6.07, 6.45) is 5.93. The minimum atomic E-state index is -1.75. The summed E-state index contributed by atoms with van der Waals surface area (Å²) < 4.78 is 5.78. The first-order chi connectivity index (χ1) is 12.9. The fourth-order valence-electron chi connectivity index (χ4n) is 3.51. The van der Waals surface area contributed by atoms with Crippen molar-refractivity contribution >= 4 is 5.97 Å². The molecule has 1 saturated heterocycles. The van der Waals surface area contributed by atoms with Crippen molar-refractivity contribution in [3.63, 3.8) is 0 Å². The topological polar surface area (TPSA) is 90.2 Å². The molecule has 1 aromatic carbocycles. The molecule has 0 saturated carbocycles. The predicted octanol–water partition coefficient (Wildman–Crippen LogP) is 2.81. The number of hydrogen-bond acceptors (Lipinski definition) is 5. The van der Waals surface area contributed by atoms with Crippen molar-refractivity contribution in [3.8, 4) is 5.75 Å². The van der Waals surface area contributed by atoms with Gasteiger partial charge in [0.05, 0.1) is 6.61 Å². The maximum Gasteiger partial charge on any atom is 0.335 e. The summed E-state index contributed by atoms with van der Waals surface area (Å²) in [5, 5.41) is 28.9. The number of nitrogens with zero attached hydrogens (tertiary/aromatic N) is 1. The fraction of sp³-hybridized carbons (Fsp3) is 0.667. The number of aliphatic hydroxyl groups is 2. The van der Waals surface area contributed by atoms with Gasteiger partial charge in [0, 0.05) is 19.6 Å². The summed E-state index contributed by atoms with van der Waals surface area (Å²) in [7, 11) is 0. The van der Waals surface area contributed by atoms with Crippen LogP contribution < -0.4 is 4.74 Å². The lowest BCUT2D eigenvalue weighted by atomic mass is 9.96. The van der Waals surface area contributed by atoms with Crippen LogP contribution in [0.2, 0.25) is 0 Å². The van der Waals surface area contributed by atoms with E-state index in [0.717, 1.165) is 24.3 Å². The second-order valence-electron chi connectivity index (χ2n) is 7.57. The van der Waals surface area contributed by atoms with Crippen molar-refractivity contribution in [3.05, 3.63) is 29.8 Å². The highest BCUT2D eigenvalue weighted by Crippen LogP contribution is 2.27. The molecule has 1 aliphatic heterocycles. The molecule has 27 heavy (non-hydrogen) atoms. The number of carboxylic acids is 1. The van der Waals surface area contributed by atoms with Crippen molar-refractivity contribution in [2.24, 2.45) is 0 Å². The zero-order chi connectivity index (χ0) is 19.7. The smallest absolute Gasteiger partial charge is 0.335 e. The lowest BCUT2D eigenvalue weighted by molar-refractivity contribution is -0.161. The summed E-state index contributed by atoms with van der Waals surface area (Å²) in [6.45, 7) is 4.26. The van der Waals surface area contributed by atoms with E-state index in [1.165, 1.54) is 32.1 Å². The monoisotopic (exact) mass is 379 g/mol. The van der Waals surface area contributed by atoms with E-state index in [4.69, 9.17) is 9.84 Å². The summed E-state index contributed by atoms with van der Waals surface area (Å²) in [4.78, 5) is 12.9. The third-order valence-corrected chi connectivity index (χ3v) is 5.20. The Morgan fingerprint density at radius 3 is 2.52 bits per heavy atom. The molecule has 0 spiro atoms. The maximum absolute atomic E-state index is 10.9. The zero-order valence-electron chi connectivity index (χ0n) is 16.3. The number of β-amino-alcohol motifs (C(OH)–C–C–N with tert-alkyl or cyclic N) is 1. The Morgan fingerprint density at radius 1 is 1.19 bits per heavy atom. The van der Waals surface area contributed by atoms with Crippen molar-refractivity contribution < 1.29 is 24.9 Å². The average molecular weight is 379 g/mol. The molecular formula is C21H33NO5. The SMILES string of the molecule is CCCCCCCCOc1ccc(CN2CCC(O)([C@H](O)C(=O)O)C2)cc1. The molecule has 2 rings (SSSR count). The van der Waals surface area contributed by atoms with E-state index >= 15 is 0 Å². The third-order valence-electron chi connectivity index (χ3n) is 5.20. The van der Waals surface area contributed by atoms with Crippen LogP contribution in [0.4, 0.5) is 0 Å². The highest BCUT2D eigenvalue weighted by molar-refractivity contribution is 5.73. The first-order valence-electron chi connectivity index (χ1n) is 10.0. The van der Waals surface area contributed by atoms with Gasteiger partial charge in [-0.15, -0.1) is 0 Å². The number of carbonyl (C=O) groups is 1. The molecule has 1 unspecified atom stereocenters. The van der Waals surface area contributed by atoms with Crippen molar-refractivity contribution in [1.29, 1.82) is 0 Å². The van der Waals surface area contributed by atoms with Crippen LogP contribution in [0.3, 0.4) is 0 Å². The van der Waals surface area contributed by atoms with Gasteiger partial charge in [0.25, 0.3) is 0 Å². The number of ether oxygens (including phenoxy) is 1. The number of likely N-dealkylation sites (tertiary alicyclic amines) is 1. The Bertz CT molecular complexity index is 576. The molecule has 1 aromatic rings. The number of hydrogen-bond donors (Lipinski definition) is 3. The summed E-state index contributed by atoms with van der Waals surface area (Å²) in [6, 6.07) is 7.87. The van der Waals surface area contributed by atoms with E-state index in [-0.39, 0.29) is 13.0 Å². The summed E-state index contributed by atoms with van der Waals surface area (Å²) in [5.74, 6) is -0.530. The van der Waals surface area contributed by atoms with Gasteiger partial charge in [-0.25, -0.2) is 4.79 Å². The second-order valence-corrected chi connectivity index (χ2v) is 7.57. The molecule has 0 aromatic heterocycles. The molecule has 6 heteroatoms. The Balaban J connectivity index is 1.71. The van der Waals surface area contributed by atoms with Crippen molar-refractivity contribution in [2.45, 2.75) is 70.1 Å². The second kappa shape index (κ2) is 10.6. The zero-order valence-corrected chi connectivity index (χ0v) is 16.3. The molecule has 1 fully saturated rings. The Kier molecular flexibility index (Phi) is 8.54. The van der Waals surface area contributed by atoms with Gasteiger partial charge >= 0.3 is 5.97 Å². The van der Waals surface area contributed by atoms with Gasteiger partial charge in [0.2, 0.25) is 0 Å². The molecule has 3 N–H and O–H groups in total. The van der Waals surface area contributed by atoms with E-state index in [1.54, 1.807) is 0 Å². The van der Waals surface area contributed by atoms with Crippen LogP contribution in [0.1, 0.15) is 57.4 Å². The highest BCUT2D eigenvalue weighted by atomic mass is 16.5. The van der Waals surface area contributed by atoms with E-state index in [2.05, 4.69) is 6.92 Å². The normalized spacial score (nSPS) is 21.3. The van der Waals surface area contributed by atoms with Crippen LogP contribution in [-0.2, 0) is 11.3 Å². The summed E-state index contributed by atoms with van der Waals surface area (Å²) >= 11 is 0. The highest BCUT2D eigenvalue weighted by Gasteiger charge is 2.45. The average Bonchev–Trinajstić information content (AvgIpc) is 3.03. The van der Waals surface area contributed by atoms with Gasteiger partial charge in [-0.05, 0) is 30.5 Å². The number of carboxylic acid groups (broad SMARTS) is 1. The van der Waals surface area contributed by atoms with E-state index in [1.807, 2.05) is 29.2 Å². The first-order valence-corrected chi connectivity index (χ1v) is 10.0. The van der Waals surface area contributed by atoms with Crippen molar-refractivity contribution in [2.75, 3.05) is 19.7 Å². The lowest BCUT2D eigenvalue weighted by Gasteiger charge is -2.26. The molecule has 0 aliphatic carbocycles. The van der Waals surface area contributed by atoms with Crippen LogP contribution in [0, 0.1) is 0 Å². The van der Waals surface area contributed by atoms with Gasteiger partial charge in [-0.1, -0.05) is 51.2 Å². The molecule has 2 atom stereocenters. The van der Waals surface area contributed by atoms with E-state index in [9.17, 15) is 15.0 Å². The minimum absolute atomic E-state index is 0.150. The molecule has 152 valence electrons. The quantitative estimate of drug-likeness (QED) is 0.484. The van der Waals surface area contributed by atoms with E-state index < -0.39 is 17.7 Å². The third kappa shape index (κ3) is 6.79. The predicted molar refractivity (Wildman–Crippen MR) is 104 cm³/mol. The molecule has 1 heterocycles. The molecule has 0 bridgehead atoms. The Labute approximate surface area is 161 Å².